The zero-order chi connectivity index (χ0) is 55.8. The van der Waals surface area contributed by atoms with Crippen LogP contribution in [0.3, 0.4) is 0 Å². The Bertz CT molecular complexity index is 2760. The second kappa shape index (κ2) is 28.6. The average Bonchev–Trinajstić information content (AvgIpc) is 4.07. The quantitative estimate of drug-likeness (QED) is 0.0811. The van der Waals surface area contributed by atoms with Gasteiger partial charge in [0.25, 0.3) is 0 Å². The first kappa shape index (κ1) is 59.5. The zero-order valence-electron chi connectivity index (χ0n) is 44.8. The molecule has 77 heavy (non-hydrogen) atoms. The third-order valence-electron chi connectivity index (χ3n) is 14.2. The fourth-order valence-electron chi connectivity index (χ4n) is 9.72. The van der Waals surface area contributed by atoms with Gasteiger partial charge < -0.3 is 47.1 Å². The van der Waals surface area contributed by atoms with Gasteiger partial charge in [-0.2, -0.15) is 0 Å². The first-order chi connectivity index (χ1) is 36.8. The lowest BCUT2D eigenvalue weighted by molar-refractivity contribution is -0.142. The van der Waals surface area contributed by atoms with Crippen LogP contribution in [0.15, 0.2) is 91.1 Å². The minimum absolute atomic E-state index is 0.00939. The molecule has 0 spiro atoms. The summed E-state index contributed by atoms with van der Waals surface area (Å²) in [6.45, 7) is 7.38. The van der Waals surface area contributed by atoms with Crippen LogP contribution in [-0.4, -0.2) is 144 Å². The molecule has 2 fully saturated rings. The topological polar surface area (TPSA) is 274 Å². The summed E-state index contributed by atoms with van der Waals surface area (Å²) in [5.41, 5.74) is 2.81. The highest BCUT2D eigenvalue weighted by Gasteiger charge is 2.41. The number of carbonyl (C=O) groups excluding carboxylic acids is 8. The van der Waals surface area contributed by atoms with E-state index in [2.05, 4.69) is 42.2 Å². The predicted octanol–water partition coefficient (Wildman–Crippen LogP) is 2.22. The highest BCUT2D eigenvalue weighted by molar-refractivity contribution is 7.84. The second-order valence-electron chi connectivity index (χ2n) is 20.6. The van der Waals surface area contributed by atoms with E-state index in [0.717, 1.165) is 10.9 Å². The maximum Gasteiger partial charge on any atom is 0.245 e. The Labute approximate surface area is 455 Å². The lowest BCUT2D eigenvalue weighted by atomic mass is 9.96. The highest BCUT2D eigenvalue weighted by atomic mass is 32.2. The van der Waals surface area contributed by atoms with Crippen LogP contribution in [0.4, 0.5) is 0 Å². The monoisotopic (exact) mass is 1100 g/mol. The molecule has 21 heteroatoms. The van der Waals surface area contributed by atoms with Gasteiger partial charge in [0.05, 0.1) is 0 Å². The summed E-state index contributed by atoms with van der Waals surface area (Å²) >= 11 is 0. The van der Waals surface area contributed by atoms with Gasteiger partial charge in [-0.3, -0.25) is 46.8 Å². The number of aromatic amines is 1. The summed E-state index contributed by atoms with van der Waals surface area (Å²) in [5, 5.41) is 20.7. The van der Waals surface area contributed by atoms with Gasteiger partial charge in [0, 0.05) is 88.5 Å². The summed E-state index contributed by atoms with van der Waals surface area (Å²) in [4.78, 5) is 122. The predicted molar refractivity (Wildman–Crippen MR) is 297 cm³/mol. The Balaban J connectivity index is 1.46. The summed E-state index contributed by atoms with van der Waals surface area (Å²) < 4.78 is 25.0. The maximum atomic E-state index is 15.0. The van der Waals surface area contributed by atoms with E-state index in [1.54, 1.807) is 67.7 Å². The number of benzene rings is 3. The van der Waals surface area contributed by atoms with Crippen LogP contribution in [0.25, 0.3) is 10.9 Å². The number of H-pyrrole nitrogens is 1. The third-order valence-corrected chi connectivity index (χ3v) is 15.8. The van der Waals surface area contributed by atoms with Gasteiger partial charge in [0.15, 0.2) is 0 Å². The molecule has 0 saturated carbocycles. The Morgan fingerprint density at radius 3 is 1.58 bits per heavy atom. The molecule has 1 aromatic heterocycles. The number of nitrogens with one attached hydrogen (secondary N) is 8. The van der Waals surface area contributed by atoms with Gasteiger partial charge in [-0.1, -0.05) is 113 Å². The van der Waals surface area contributed by atoms with Crippen molar-refractivity contribution in [2.75, 3.05) is 30.6 Å². The molecule has 416 valence electrons. The van der Waals surface area contributed by atoms with Crippen molar-refractivity contribution in [2.24, 2.45) is 11.8 Å². The van der Waals surface area contributed by atoms with Crippen LogP contribution in [0.1, 0.15) is 82.9 Å². The molecule has 11 atom stereocenters. The molecule has 0 aliphatic carbocycles. The smallest absolute Gasteiger partial charge is 0.245 e. The molecule has 3 heterocycles. The van der Waals surface area contributed by atoms with E-state index in [1.165, 1.54) is 17.4 Å². The molecule has 6 rings (SSSR count). The third kappa shape index (κ3) is 17.1. The summed E-state index contributed by atoms with van der Waals surface area (Å²) in [7, 11) is -2.82. The van der Waals surface area contributed by atoms with Crippen molar-refractivity contribution in [3.63, 3.8) is 0 Å². The fraction of sp³-hybridized carbons (Fsp3) is 0.500. The van der Waals surface area contributed by atoms with Crippen LogP contribution in [-0.2, 0) is 79.2 Å². The highest BCUT2D eigenvalue weighted by Crippen LogP contribution is 2.23. The lowest BCUT2D eigenvalue weighted by Gasteiger charge is -2.32. The molecule has 8 amide bonds. The number of aromatic nitrogens is 1. The first-order valence-corrected chi connectivity index (χ1v) is 29.9. The normalized spacial score (nSPS) is 25.0. The van der Waals surface area contributed by atoms with Gasteiger partial charge in [-0.05, 0) is 66.7 Å². The molecule has 0 radical (unpaired) electrons. The molecule has 2 aliphatic heterocycles. The Kier molecular flexibility index (Phi) is 22.1. The maximum absolute atomic E-state index is 15.0. The van der Waals surface area contributed by atoms with E-state index in [0.29, 0.717) is 29.5 Å². The van der Waals surface area contributed by atoms with Gasteiger partial charge in [-0.15, -0.1) is 0 Å². The Hall–Kier alpha value is -6.74. The number of fused-ring (bicyclic) bond motifs is 2. The number of carbonyl (C=O) groups is 8. The van der Waals surface area contributed by atoms with Crippen LogP contribution >= 0.6 is 0 Å². The molecular weight excluding hydrogens is 1020 g/mol. The van der Waals surface area contributed by atoms with Gasteiger partial charge in [0.2, 0.25) is 47.3 Å². The molecule has 0 bridgehead atoms. The number of hydrogen-bond acceptors (Lipinski definition) is 10. The van der Waals surface area contributed by atoms with Crippen molar-refractivity contribution in [2.45, 2.75) is 134 Å². The van der Waals surface area contributed by atoms with E-state index in [1.807, 2.05) is 51.1 Å². The van der Waals surface area contributed by atoms with Crippen molar-refractivity contribution in [3.8, 4) is 0 Å². The van der Waals surface area contributed by atoms with Crippen LogP contribution < -0.4 is 37.2 Å². The Morgan fingerprint density at radius 2 is 1.01 bits per heavy atom. The SMILES string of the molecule is CC[C@@H](C)[C@@H]1NC(=O)[C@H](Cc2c[nH]c3ccccc23)NC(=O)[C@H](Cc2ccccc2)NC(=O)[C@H](Cc2ccccc2)NC(=O)[C@@H]2CCCN2C(=O)[C@H](CC[S@@](C)=O)NC(=O)[C@H](CC(C)C)NC(=O)[C@H](CC[S@@](C)=O)NC1=O. The zero-order valence-corrected chi connectivity index (χ0v) is 46.4. The number of hydrogen-bond donors (Lipinski definition) is 8. The van der Waals surface area contributed by atoms with Crippen molar-refractivity contribution < 1.29 is 46.8 Å². The molecule has 2 aliphatic rings. The summed E-state index contributed by atoms with van der Waals surface area (Å²) in [5.74, 6) is -6.41. The number of para-hydroxylation sites is 1. The molecule has 0 unspecified atom stereocenters. The van der Waals surface area contributed by atoms with Gasteiger partial charge in [0.1, 0.15) is 48.3 Å². The molecule has 8 N–H and O–H groups in total. The number of amides is 8. The molecule has 19 nitrogen and oxygen atoms in total. The van der Waals surface area contributed by atoms with Crippen molar-refractivity contribution in [3.05, 3.63) is 108 Å². The lowest BCUT2D eigenvalue weighted by Crippen LogP contribution is -2.62. The van der Waals surface area contributed by atoms with E-state index in [4.69, 9.17) is 0 Å². The number of rotatable bonds is 16. The van der Waals surface area contributed by atoms with Crippen LogP contribution in [0.5, 0.6) is 0 Å². The number of nitrogens with zero attached hydrogens (tertiary/aromatic N) is 1. The molecule has 4 aromatic rings. The first-order valence-electron chi connectivity index (χ1n) is 26.5. The van der Waals surface area contributed by atoms with Gasteiger partial charge in [-0.25, -0.2) is 0 Å². The Morgan fingerprint density at radius 1 is 0.545 bits per heavy atom. The van der Waals surface area contributed by atoms with Crippen LogP contribution in [0, 0.1) is 11.8 Å². The second-order valence-corrected chi connectivity index (χ2v) is 23.7. The summed E-state index contributed by atoms with van der Waals surface area (Å²) in [6, 6.07) is 15.2. The van der Waals surface area contributed by atoms with E-state index in [9.17, 15) is 46.8 Å². The van der Waals surface area contributed by atoms with E-state index in [-0.39, 0.29) is 68.9 Å². The summed E-state index contributed by atoms with van der Waals surface area (Å²) in [6.07, 6.45) is 5.47. The van der Waals surface area contributed by atoms with Crippen molar-refractivity contribution in [1.82, 2.24) is 47.1 Å². The van der Waals surface area contributed by atoms with Gasteiger partial charge >= 0.3 is 0 Å². The largest absolute Gasteiger partial charge is 0.361 e. The average molecular weight is 1100 g/mol. The minimum Gasteiger partial charge on any atom is -0.361 e. The minimum atomic E-state index is -1.42. The fourth-order valence-corrected chi connectivity index (χ4v) is 10.9. The van der Waals surface area contributed by atoms with Crippen molar-refractivity contribution >= 4 is 79.8 Å². The standard InChI is InChI=1S/C56H75N9O10S2/c1-7-35(4)48-55(72)58-41(24-27-76(5)74)49(66)60-43(29-34(2)3)50(67)59-42(25-28-77(6)75)56(73)65-26-16-23-47(65)54(71)63-45(31-37-19-12-9-13-20-37)52(69)61-44(30-36-17-10-8-11-18-36)51(68)62-46(53(70)64-48)32-38-33-57-40-22-15-14-21-39(38)40/h8-15,17-22,33-35,41-48,57H,7,16,23-32H2,1-6H3,(H,58,72)(H,59,67)(H,60,66)(H,61,69)(H,62,68)(H,63,71)(H,64,70)/t35-,41+,42+,43+,44+,45+,46+,47+,48+,76-,77-/m1/s1. The van der Waals surface area contributed by atoms with E-state index < -0.39 is 123 Å². The molecule has 2 saturated heterocycles. The molecule has 3 aromatic carbocycles. The van der Waals surface area contributed by atoms with Crippen LogP contribution in [0.2, 0.25) is 0 Å². The van der Waals surface area contributed by atoms with E-state index >= 15 is 0 Å². The van der Waals surface area contributed by atoms with Crippen molar-refractivity contribution in [1.29, 1.82) is 0 Å². The molecular formula is C56H75N9O10S2.